The second kappa shape index (κ2) is 9.82. The number of carbonyl (C=O) groups excluding carboxylic acids is 3. The van der Waals surface area contributed by atoms with Gasteiger partial charge in [-0.2, -0.15) is 0 Å². The van der Waals surface area contributed by atoms with E-state index in [0.29, 0.717) is 12.8 Å². The molecule has 0 aliphatic rings. The molecule has 2 atom stereocenters. The summed E-state index contributed by atoms with van der Waals surface area (Å²) in [7, 11) is 0. The van der Waals surface area contributed by atoms with Gasteiger partial charge in [0, 0.05) is 25.2 Å². The largest absolute Gasteiger partial charge is 0.465 e. The third-order valence-electron chi connectivity index (χ3n) is 3.65. The maximum absolute atomic E-state index is 12.8. The molecule has 1 unspecified atom stereocenters. The molecule has 0 fully saturated rings. The van der Waals surface area contributed by atoms with Crippen molar-refractivity contribution in [1.82, 2.24) is 0 Å². The summed E-state index contributed by atoms with van der Waals surface area (Å²) in [6.07, 6.45) is 2.83. The minimum Gasteiger partial charge on any atom is -0.465 e. The van der Waals surface area contributed by atoms with E-state index in [4.69, 9.17) is 4.74 Å². The third kappa shape index (κ3) is 6.16. The minimum atomic E-state index is -0.422. The summed E-state index contributed by atoms with van der Waals surface area (Å²) in [6.45, 7) is 2.03. The molecule has 0 N–H and O–H groups in total. The molecule has 22 heavy (non-hydrogen) atoms. The lowest BCUT2D eigenvalue weighted by Gasteiger charge is -2.18. The molecule has 0 saturated heterocycles. The van der Waals surface area contributed by atoms with Crippen LogP contribution >= 0.6 is 0 Å². The fourth-order valence-electron chi connectivity index (χ4n) is 2.28. The van der Waals surface area contributed by atoms with E-state index in [1.807, 2.05) is 6.92 Å². The highest BCUT2D eigenvalue weighted by atomic mass is 19.1. The van der Waals surface area contributed by atoms with Crippen LogP contribution in [0, 0.1) is 17.7 Å². The predicted octanol–water partition coefficient (Wildman–Crippen LogP) is 2.73. The van der Waals surface area contributed by atoms with Crippen LogP contribution in [0.2, 0.25) is 0 Å². The predicted molar refractivity (Wildman–Crippen MR) is 79.7 cm³/mol. The third-order valence-corrected chi connectivity index (χ3v) is 3.65. The van der Waals surface area contributed by atoms with Gasteiger partial charge in [0.15, 0.2) is 0 Å². The molecule has 0 aliphatic carbocycles. The zero-order chi connectivity index (χ0) is 16.4. The van der Waals surface area contributed by atoms with Gasteiger partial charge in [-0.15, -0.1) is 0 Å². The second-order valence-electron chi connectivity index (χ2n) is 5.17. The first-order valence-corrected chi connectivity index (χ1v) is 7.39. The van der Waals surface area contributed by atoms with E-state index < -0.39 is 5.97 Å². The topological polar surface area (TPSA) is 60.4 Å². The van der Waals surface area contributed by atoms with Crippen LogP contribution in [0.15, 0.2) is 24.3 Å². The van der Waals surface area contributed by atoms with Gasteiger partial charge >= 0.3 is 5.97 Å². The maximum atomic E-state index is 12.8. The van der Waals surface area contributed by atoms with Crippen molar-refractivity contribution < 1.29 is 23.5 Å². The van der Waals surface area contributed by atoms with Crippen molar-refractivity contribution in [2.24, 2.45) is 11.8 Å². The molecule has 0 radical (unpaired) electrons. The molecule has 0 saturated carbocycles. The molecular weight excluding hydrogens is 287 g/mol. The Morgan fingerprint density at radius 2 is 1.95 bits per heavy atom. The Kier molecular flexibility index (Phi) is 8.04. The van der Waals surface area contributed by atoms with Gasteiger partial charge in [0.1, 0.15) is 18.4 Å². The van der Waals surface area contributed by atoms with Gasteiger partial charge < -0.3 is 14.3 Å². The highest BCUT2D eigenvalue weighted by Gasteiger charge is 2.22. The van der Waals surface area contributed by atoms with Crippen LogP contribution in [0.4, 0.5) is 4.39 Å². The van der Waals surface area contributed by atoms with Gasteiger partial charge in [-0.1, -0.05) is 19.1 Å². The van der Waals surface area contributed by atoms with Crippen molar-refractivity contribution in [1.29, 1.82) is 0 Å². The van der Waals surface area contributed by atoms with Crippen molar-refractivity contribution in [2.75, 3.05) is 6.61 Å². The quantitative estimate of drug-likeness (QED) is 0.492. The molecule has 0 bridgehead atoms. The lowest BCUT2D eigenvalue weighted by molar-refractivity contribution is -0.145. The molecular formula is C17H21FO4. The maximum Gasteiger partial charge on any atom is 0.306 e. The number of hydrogen-bond acceptors (Lipinski definition) is 4. The molecule has 1 aromatic rings. The standard InChI is InChI=1S/C17H21FO4/c1-2-14(12-20)15(7-9-19)11-17(21)22-10-8-13-3-5-16(18)6-4-13/h3-6,9,12,14-15H,2,7-8,10-11H2,1H3/t14?,15-/m0/s1. The Morgan fingerprint density at radius 3 is 2.50 bits per heavy atom. The normalized spacial score (nSPS) is 13.2. The van der Waals surface area contributed by atoms with Crippen LogP contribution in [0.5, 0.6) is 0 Å². The van der Waals surface area contributed by atoms with E-state index in [1.54, 1.807) is 12.1 Å². The Hall–Kier alpha value is -2.04. The first-order chi connectivity index (χ1) is 10.6. The molecule has 1 aromatic carbocycles. The SMILES string of the molecule is CCC(C=O)[C@@H](CC=O)CC(=O)OCCc1ccc(F)cc1. The Bertz CT molecular complexity index is 484. The van der Waals surface area contributed by atoms with Crippen LogP contribution in [0.25, 0.3) is 0 Å². The smallest absolute Gasteiger partial charge is 0.306 e. The van der Waals surface area contributed by atoms with Crippen LogP contribution in [0.1, 0.15) is 31.7 Å². The van der Waals surface area contributed by atoms with Gasteiger partial charge in [0.2, 0.25) is 0 Å². The van der Waals surface area contributed by atoms with Crippen LogP contribution in [0.3, 0.4) is 0 Å². The van der Waals surface area contributed by atoms with Gasteiger partial charge in [0.25, 0.3) is 0 Å². The van der Waals surface area contributed by atoms with E-state index in [0.717, 1.165) is 18.1 Å². The summed E-state index contributed by atoms with van der Waals surface area (Å²) >= 11 is 0. The van der Waals surface area contributed by atoms with Crippen LogP contribution in [-0.4, -0.2) is 25.1 Å². The van der Waals surface area contributed by atoms with E-state index in [1.165, 1.54) is 12.1 Å². The highest BCUT2D eigenvalue weighted by Crippen LogP contribution is 2.21. The average molecular weight is 308 g/mol. The first-order valence-electron chi connectivity index (χ1n) is 7.39. The van der Waals surface area contributed by atoms with Gasteiger partial charge in [-0.25, -0.2) is 4.39 Å². The lowest BCUT2D eigenvalue weighted by Crippen LogP contribution is -2.21. The first kappa shape index (κ1) is 18.0. The van der Waals surface area contributed by atoms with Crippen molar-refractivity contribution in [3.63, 3.8) is 0 Å². The minimum absolute atomic E-state index is 0.0550. The Morgan fingerprint density at radius 1 is 1.27 bits per heavy atom. The average Bonchev–Trinajstić information content (AvgIpc) is 2.50. The van der Waals surface area contributed by atoms with Crippen molar-refractivity contribution in [2.45, 2.75) is 32.6 Å². The summed E-state index contributed by atoms with van der Waals surface area (Å²) < 4.78 is 17.9. The molecule has 0 aromatic heterocycles. The summed E-state index contributed by atoms with van der Waals surface area (Å²) in [4.78, 5) is 33.4. The van der Waals surface area contributed by atoms with Crippen LogP contribution in [-0.2, 0) is 25.5 Å². The summed E-state index contributed by atoms with van der Waals surface area (Å²) in [5.74, 6) is -1.35. The number of ether oxygens (including phenoxy) is 1. The number of esters is 1. The molecule has 0 amide bonds. The van der Waals surface area contributed by atoms with Crippen LogP contribution < -0.4 is 0 Å². The lowest BCUT2D eigenvalue weighted by atomic mass is 9.86. The van der Waals surface area contributed by atoms with Crippen molar-refractivity contribution in [3.05, 3.63) is 35.6 Å². The zero-order valence-corrected chi connectivity index (χ0v) is 12.7. The molecule has 120 valence electrons. The summed E-state index contributed by atoms with van der Waals surface area (Å²) in [5, 5.41) is 0. The fourth-order valence-corrected chi connectivity index (χ4v) is 2.28. The number of halogens is 1. The van der Waals surface area contributed by atoms with E-state index in [-0.39, 0.29) is 37.1 Å². The molecule has 0 heterocycles. The van der Waals surface area contributed by atoms with E-state index in [2.05, 4.69) is 0 Å². The number of benzene rings is 1. The van der Waals surface area contributed by atoms with Gasteiger partial charge in [-0.05, 0) is 30.0 Å². The number of hydrogen-bond donors (Lipinski definition) is 0. The number of carbonyl (C=O) groups is 3. The fraction of sp³-hybridized carbons (Fsp3) is 0.471. The summed E-state index contributed by atoms with van der Waals surface area (Å²) in [5.41, 5.74) is 0.873. The van der Waals surface area contributed by atoms with E-state index in [9.17, 15) is 18.8 Å². The van der Waals surface area contributed by atoms with E-state index >= 15 is 0 Å². The van der Waals surface area contributed by atoms with Crippen molar-refractivity contribution in [3.8, 4) is 0 Å². The van der Waals surface area contributed by atoms with Gasteiger partial charge in [0.05, 0.1) is 6.61 Å². The Labute approximate surface area is 129 Å². The number of aldehydes is 2. The zero-order valence-electron chi connectivity index (χ0n) is 12.7. The molecule has 1 rings (SSSR count). The van der Waals surface area contributed by atoms with Crippen molar-refractivity contribution >= 4 is 18.5 Å². The molecule has 0 aliphatic heterocycles. The Balaban J connectivity index is 2.41. The monoisotopic (exact) mass is 308 g/mol. The van der Waals surface area contributed by atoms with Gasteiger partial charge in [-0.3, -0.25) is 4.79 Å². The molecule has 5 heteroatoms. The second-order valence-corrected chi connectivity index (χ2v) is 5.17. The molecule has 0 spiro atoms. The summed E-state index contributed by atoms with van der Waals surface area (Å²) in [6, 6.07) is 5.98. The molecule has 4 nitrogen and oxygen atoms in total. The highest BCUT2D eigenvalue weighted by molar-refractivity contribution is 5.71. The number of rotatable bonds is 10.